The maximum Gasteiger partial charge on any atom is 0.106 e. The van der Waals surface area contributed by atoms with Gasteiger partial charge in [-0.15, -0.1) is 5.10 Å². The van der Waals surface area contributed by atoms with Crippen LogP contribution in [-0.4, -0.2) is 10.2 Å². The molecule has 0 fully saturated rings. The van der Waals surface area contributed by atoms with Gasteiger partial charge in [0.15, 0.2) is 0 Å². The first-order valence-electron chi connectivity index (χ1n) is 3.36. The third-order valence-electron chi connectivity index (χ3n) is 1.58. The van der Waals surface area contributed by atoms with Gasteiger partial charge in [-0.2, -0.15) is 5.10 Å². The fraction of sp³-hybridized carbons (Fsp3) is 0. The minimum Gasteiger partial charge on any atom is -0.871 e. The zero-order valence-corrected chi connectivity index (χ0v) is 7.58. The molecule has 1 heterocycles. The molecule has 0 bridgehead atoms. The Kier molecular flexibility index (Phi) is 1.69. The highest BCUT2D eigenvalue weighted by Gasteiger charge is 1.98. The molecule has 2 aromatic rings. The first-order valence-corrected chi connectivity index (χ1v) is 4.15. The molecule has 0 spiro atoms. The lowest BCUT2D eigenvalue weighted by Crippen LogP contribution is -1.94. The third-order valence-corrected chi connectivity index (χ3v) is 2.22. The molecule has 0 N–H and O–H groups in total. The van der Waals surface area contributed by atoms with Crippen molar-refractivity contribution in [3.8, 4) is 5.75 Å². The minimum absolute atomic E-state index is 0.0960. The van der Waals surface area contributed by atoms with E-state index in [2.05, 4.69) is 26.1 Å². The van der Waals surface area contributed by atoms with Crippen LogP contribution in [0.5, 0.6) is 5.75 Å². The second-order valence-corrected chi connectivity index (χ2v) is 3.20. The first-order chi connectivity index (χ1) is 5.79. The van der Waals surface area contributed by atoms with Crippen molar-refractivity contribution in [2.24, 2.45) is 0 Å². The van der Waals surface area contributed by atoms with Gasteiger partial charge in [-0.3, -0.25) is 0 Å². The van der Waals surface area contributed by atoms with Crippen LogP contribution in [0.3, 0.4) is 0 Å². The van der Waals surface area contributed by atoms with Crippen molar-refractivity contribution in [2.45, 2.75) is 0 Å². The highest BCUT2D eigenvalue weighted by Crippen LogP contribution is 2.24. The fourth-order valence-corrected chi connectivity index (χ4v) is 1.47. The highest BCUT2D eigenvalue weighted by molar-refractivity contribution is 9.10. The molecule has 0 aliphatic heterocycles. The number of halogens is 1. The summed E-state index contributed by atoms with van der Waals surface area (Å²) >= 11 is 3.29. The summed E-state index contributed by atoms with van der Waals surface area (Å²) in [5.41, 5.74) is 0.616. The van der Waals surface area contributed by atoms with Gasteiger partial charge in [-0.1, -0.05) is 17.9 Å². The Balaban J connectivity index is 2.94. The van der Waals surface area contributed by atoms with Crippen molar-refractivity contribution >= 4 is 26.8 Å². The Morgan fingerprint density at radius 3 is 2.92 bits per heavy atom. The van der Waals surface area contributed by atoms with E-state index < -0.39 is 0 Å². The van der Waals surface area contributed by atoms with Gasteiger partial charge in [-0.05, 0) is 27.4 Å². The van der Waals surface area contributed by atoms with Crippen molar-refractivity contribution in [1.29, 1.82) is 0 Å². The lowest BCUT2D eigenvalue weighted by atomic mass is 10.2. The Labute approximate surface area is 77.2 Å². The van der Waals surface area contributed by atoms with Crippen LogP contribution in [0, 0.1) is 0 Å². The van der Waals surface area contributed by atoms with Crippen molar-refractivity contribution in [3.05, 3.63) is 28.9 Å². The van der Waals surface area contributed by atoms with Gasteiger partial charge in [0.25, 0.3) is 0 Å². The van der Waals surface area contributed by atoms with Crippen LogP contribution in [0.25, 0.3) is 10.9 Å². The zero-order valence-electron chi connectivity index (χ0n) is 5.99. The summed E-state index contributed by atoms with van der Waals surface area (Å²) in [6.07, 6.45) is 1.22. The third kappa shape index (κ3) is 1.04. The number of hydrogen-bond donors (Lipinski definition) is 0. The molecule has 2 rings (SSSR count). The summed E-state index contributed by atoms with van der Waals surface area (Å²) in [6.45, 7) is 0. The second-order valence-electron chi connectivity index (χ2n) is 2.34. The molecule has 0 unspecified atom stereocenters. The number of aromatic nitrogens is 2. The molecule has 0 radical (unpaired) electrons. The van der Waals surface area contributed by atoms with Gasteiger partial charge >= 0.3 is 0 Å². The molecular weight excluding hydrogens is 220 g/mol. The van der Waals surface area contributed by atoms with Crippen LogP contribution in [-0.2, 0) is 0 Å². The lowest BCUT2D eigenvalue weighted by molar-refractivity contribution is -0.266. The van der Waals surface area contributed by atoms with Gasteiger partial charge in [0, 0.05) is 10.7 Å². The van der Waals surface area contributed by atoms with E-state index >= 15 is 0 Å². The van der Waals surface area contributed by atoms with Crippen LogP contribution < -0.4 is 5.11 Å². The molecule has 1 aromatic carbocycles. The molecular formula is C8H4BrN2O-. The zero-order chi connectivity index (χ0) is 8.55. The fourth-order valence-electron chi connectivity index (χ4n) is 1.02. The van der Waals surface area contributed by atoms with Crippen LogP contribution in [0.4, 0.5) is 0 Å². The largest absolute Gasteiger partial charge is 0.871 e. The Hall–Kier alpha value is -1.16. The number of nitrogens with zero attached hydrogens (tertiary/aromatic N) is 2. The van der Waals surface area contributed by atoms with E-state index in [0.29, 0.717) is 10.9 Å². The van der Waals surface area contributed by atoms with Gasteiger partial charge in [0.1, 0.15) is 5.52 Å². The van der Waals surface area contributed by atoms with Crippen molar-refractivity contribution in [3.63, 3.8) is 0 Å². The number of hydrogen-bond acceptors (Lipinski definition) is 3. The lowest BCUT2D eigenvalue weighted by Gasteiger charge is -2.07. The van der Waals surface area contributed by atoms with E-state index in [-0.39, 0.29) is 5.75 Å². The van der Waals surface area contributed by atoms with E-state index in [1.807, 2.05) is 6.07 Å². The summed E-state index contributed by atoms with van der Waals surface area (Å²) < 4.78 is 0.796. The molecule has 60 valence electrons. The monoisotopic (exact) mass is 223 g/mol. The van der Waals surface area contributed by atoms with E-state index in [0.717, 1.165) is 4.47 Å². The van der Waals surface area contributed by atoms with Crippen LogP contribution in [0.2, 0.25) is 0 Å². The maximum absolute atomic E-state index is 11.2. The van der Waals surface area contributed by atoms with E-state index in [1.54, 1.807) is 12.1 Å². The molecule has 1 aromatic heterocycles. The van der Waals surface area contributed by atoms with Crippen LogP contribution in [0.1, 0.15) is 0 Å². The van der Waals surface area contributed by atoms with Gasteiger partial charge in [-0.25, -0.2) is 0 Å². The molecule has 3 nitrogen and oxygen atoms in total. The Morgan fingerprint density at radius 2 is 2.17 bits per heavy atom. The van der Waals surface area contributed by atoms with Crippen LogP contribution in [0.15, 0.2) is 28.9 Å². The van der Waals surface area contributed by atoms with E-state index in [9.17, 15) is 5.11 Å². The average Bonchev–Trinajstić information content (AvgIpc) is 2.07. The first kappa shape index (κ1) is 7.49. The SMILES string of the molecule is [O-]c1cnnc2c(Br)cccc12. The molecule has 0 saturated heterocycles. The molecule has 0 aliphatic carbocycles. The topological polar surface area (TPSA) is 48.8 Å². The van der Waals surface area contributed by atoms with E-state index in [1.165, 1.54) is 6.20 Å². The smallest absolute Gasteiger partial charge is 0.106 e. The molecule has 0 atom stereocenters. The minimum atomic E-state index is -0.0960. The summed E-state index contributed by atoms with van der Waals surface area (Å²) in [7, 11) is 0. The van der Waals surface area contributed by atoms with Crippen molar-refractivity contribution in [1.82, 2.24) is 10.2 Å². The maximum atomic E-state index is 11.2. The van der Waals surface area contributed by atoms with Crippen molar-refractivity contribution in [2.75, 3.05) is 0 Å². The van der Waals surface area contributed by atoms with Gasteiger partial charge in [0.05, 0.1) is 0 Å². The van der Waals surface area contributed by atoms with Crippen LogP contribution >= 0.6 is 15.9 Å². The summed E-state index contributed by atoms with van der Waals surface area (Å²) in [4.78, 5) is 0. The quantitative estimate of drug-likeness (QED) is 0.680. The molecule has 0 amide bonds. The second kappa shape index (κ2) is 2.71. The van der Waals surface area contributed by atoms with Crippen molar-refractivity contribution < 1.29 is 5.11 Å². The number of fused-ring (bicyclic) bond motifs is 1. The number of benzene rings is 1. The molecule has 12 heavy (non-hydrogen) atoms. The predicted molar refractivity (Wildman–Crippen MR) is 46.7 cm³/mol. The highest BCUT2D eigenvalue weighted by atomic mass is 79.9. The van der Waals surface area contributed by atoms with Gasteiger partial charge < -0.3 is 5.11 Å². The predicted octanol–water partition coefficient (Wildman–Crippen LogP) is 1.47. The summed E-state index contributed by atoms with van der Waals surface area (Å²) in [5.74, 6) is -0.0960. The molecule has 0 aliphatic rings. The van der Waals surface area contributed by atoms with E-state index in [4.69, 9.17) is 0 Å². The molecule has 0 saturated carbocycles. The number of rotatable bonds is 0. The van der Waals surface area contributed by atoms with Gasteiger partial charge in [0.2, 0.25) is 0 Å². The molecule has 4 heteroatoms. The Morgan fingerprint density at radius 1 is 1.33 bits per heavy atom. The summed E-state index contributed by atoms with van der Waals surface area (Å²) in [5, 5.41) is 19.2. The summed E-state index contributed by atoms with van der Waals surface area (Å²) in [6, 6.07) is 5.36. The Bertz CT molecular complexity index is 389. The standard InChI is InChI=1S/C8H5BrN2O/c9-6-3-1-2-5-7(12)4-10-11-8(5)6/h1-4H,(H,11,12)/p-1. The normalized spacial score (nSPS) is 10.4. The average molecular weight is 224 g/mol.